The summed E-state index contributed by atoms with van der Waals surface area (Å²) in [6.07, 6.45) is 10.9. The third-order valence-corrected chi connectivity index (χ3v) is 9.86. The van der Waals surface area contributed by atoms with Crippen LogP contribution in [-0.4, -0.2) is 31.1 Å². The topological polar surface area (TPSA) is 81.3 Å². The van der Waals surface area contributed by atoms with E-state index in [9.17, 15) is 9.59 Å². The predicted molar refractivity (Wildman–Crippen MR) is 134 cm³/mol. The number of thiophene rings is 1. The molecule has 1 atom stereocenters. The average Bonchev–Trinajstić information content (AvgIpc) is 3.44. The monoisotopic (exact) mass is 481 g/mol. The molecule has 3 heterocycles. The van der Waals surface area contributed by atoms with Crippen LogP contribution >= 0.6 is 11.3 Å². The zero-order chi connectivity index (χ0) is 23.4. The van der Waals surface area contributed by atoms with E-state index in [-0.39, 0.29) is 17.5 Å². The van der Waals surface area contributed by atoms with E-state index in [2.05, 4.69) is 29.4 Å². The Balaban J connectivity index is 1.19. The van der Waals surface area contributed by atoms with Crippen LogP contribution in [0.2, 0.25) is 0 Å². The molecule has 0 saturated heterocycles. The molecule has 7 nitrogen and oxygen atoms in total. The van der Waals surface area contributed by atoms with Crippen molar-refractivity contribution < 1.29 is 4.79 Å². The van der Waals surface area contributed by atoms with Crippen molar-refractivity contribution >= 4 is 33.2 Å². The van der Waals surface area contributed by atoms with E-state index in [1.807, 2.05) is 15.8 Å². The molecule has 4 aliphatic carbocycles. The number of aromatic nitrogens is 4. The SMILES string of the molecule is CCCCn1c(=O)c2sccc2n2c(CCC(=O)N[C@@H](C)C34CC5CC(CC(C5)C3)C4)nnc12. The third kappa shape index (κ3) is 3.60. The maximum absolute atomic E-state index is 13.0. The van der Waals surface area contributed by atoms with Crippen molar-refractivity contribution in [1.82, 2.24) is 24.5 Å². The van der Waals surface area contributed by atoms with Gasteiger partial charge in [0.1, 0.15) is 10.5 Å². The fourth-order valence-electron chi connectivity index (χ4n) is 7.66. The molecule has 182 valence electrons. The lowest BCUT2D eigenvalue weighted by molar-refractivity contribution is -0.125. The number of aryl methyl sites for hydroxylation is 2. The number of nitrogens with one attached hydrogen (secondary N) is 1. The van der Waals surface area contributed by atoms with Gasteiger partial charge in [0.15, 0.2) is 0 Å². The van der Waals surface area contributed by atoms with Gasteiger partial charge in [-0.3, -0.25) is 18.6 Å². The summed E-state index contributed by atoms with van der Waals surface area (Å²) in [5, 5.41) is 14.1. The molecular weight excluding hydrogens is 446 g/mol. The van der Waals surface area contributed by atoms with E-state index in [1.165, 1.54) is 49.9 Å². The Kier molecular flexibility index (Phi) is 5.54. The minimum absolute atomic E-state index is 0.00652. The molecule has 4 aliphatic rings. The van der Waals surface area contributed by atoms with E-state index in [4.69, 9.17) is 0 Å². The van der Waals surface area contributed by atoms with Crippen molar-refractivity contribution in [3.8, 4) is 0 Å². The number of fused-ring (bicyclic) bond motifs is 3. The molecule has 7 rings (SSSR count). The van der Waals surface area contributed by atoms with E-state index in [0.717, 1.165) is 46.6 Å². The molecule has 0 unspecified atom stereocenters. The van der Waals surface area contributed by atoms with Crippen molar-refractivity contribution in [3.05, 3.63) is 27.6 Å². The highest BCUT2D eigenvalue weighted by molar-refractivity contribution is 7.17. The Morgan fingerprint density at radius 1 is 1.21 bits per heavy atom. The van der Waals surface area contributed by atoms with E-state index in [0.29, 0.717) is 30.6 Å². The van der Waals surface area contributed by atoms with Crippen molar-refractivity contribution in [2.75, 3.05) is 0 Å². The van der Waals surface area contributed by atoms with Crippen LogP contribution in [0.1, 0.15) is 77.5 Å². The lowest BCUT2D eigenvalue weighted by atomic mass is 9.48. The zero-order valence-electron chi connectivity index (χ0n) is 20.3. The Labute approximate surface area is 203 Å². The summed E-state index contributed by atoms with van der Waals surface area (Å²) in [6.45, 7) is 4.98. The number of carbonyl (C=O) groups excluding carboxylic acids is 1. The van der Waals surface area contributed by atoms with Gasteiger partial charge in [-0.25, -0.2) is 0 Å². The largest absolute Gasteiger partial charge is 0.353 e. The first-order valence-electron chi connectivity index (χ1n) is 13.1. The highest BCUT2D eigenvalue weighted by Gasteiger charge is 2.53. The highest BCUT2D eigenvalue weighted by Crippen LogP contribution is 2.61. The first kappa shape index (κ1) is 22.3. The van der Waals surface area contributed by atoms with Crippen LogP contribution in [0.15, 0.2) is 16.2 Å². The number of rotatable bonds is 8. The zero-order valence-corrected chi connectivity index (χ0v) is 21.1. The van der Waals surface area contributed by atoms with Gasteiger partial charge < -0.3 is 5.32 Å². The van der Waals surface area contributed by atoms with Crippen molar-refractivity contribution in [2.24, 2.45) is 23.2 Å². The van der Waals surface area contributed by atoms with Gasteiger partial charge in [-0.1, -0.05) is 13.3 Å². The lowest BCUT2D eigenvalue weighted by Crippen LogP contribution is -2.55. The van der Waals surface area contributed by atoms with Gasteiger partial charge >= 0.3 is 0 Å². The van der Waals surface area contributed by atoms with Crippen molar-refractivity contribution in [3.63, 3.8) is 0 Å². The van der Waals surface area contributed by atoms with Crippen LogP contribution in [0, 0.1) is 23.2 Å². The molecule has 3 aromatic heterocycles. The van der Waals surface area contributed by atoms with Gasteiger partial charge in [0.25, 0.3) is 5.56 Å². The predicted octanol–water partition coefficient (Wildman–Crippen LogP) is 4.56. The van der Waals surface area contributed by atoms with Gasteiger partial charge in [-0.15, -0.1) is 21.5 Å². The second-order valence-corrected chi connectivity index (χ2v) is 12.2. The summed E-state index contributed by atoms with van der Waals surface area (Å²) >= 11 is 1.46. The quantitative estimate of drug-likeness (QED) is 0.511. The van der Waals surface area contributed by atoms with Crippen LogP contribution in [0.4, 0.5) is 0 Å². The maximum atomic E-state index is 13.0. The number of amides is 1. The van der Waals surface area contributed by atoms with Gasteiger partial charge in [0.05, 0.1) is 5.52 Å². The molecule has 0 aliphatic heterocycles. The minimum Gasteiger partial charge on any atom is -0.353 e. The molecule has 0 spiro atoms. The Morgan fingerprint density at radius 3 is 2.59 bits per heavy atom. The van der Waals surface area contributed by atoms with Crippen molar-refractivity contribution in [1.29, 1.82) is 0 Å². The van der Waals surface area contributed by atoms with Gasteiger partial charge in [-0.2, -0.15) is 0 Å². The van der Waals surface area contributed by atoms with Crippen LogP contribution in [0.25, 0.3) is 16.0 Å². The van der Waals surface area contributed by atoms with Crippen LogP contribution in [-0.2, 0) is 17.8 Å². The molecule has 4 fully saturated rings. The highest BCUT2D eigenvalue weighted by atomic mass is 32.1. The van der Waals surface area contributed by atoms with Crippen molar-refractivity contribution in [2.45, 2.75) is 90.6 Å². The normalized spacial score (nSPS) is 28.7. The molecule has 4 saturated carbocycles. The molecular formula is C26H35N5O2S. The molecule has 0 aromatic carbocycles. The molecule has 8 heteroatoms. The minimum atomic E-state index is 0.00652. The maximum Gasteiger partial charge on any atom is 0.272 e. The number of hydrogen-bond acceptors (Lipinski definition) is 5. The molecule has 0 radical (unpaired) electrons. The summed E-state index contributed by atoms with van der Waals surface area (Å²) in [7, 11) is 0. The number of unbranched alkanes of at least 4 members (excludes halogenated alkanes) is 1. The molecule has 3 aromatic rings. The van der Waals surface area contributed by atoms with Crippen LogP contribution in [0.5, 0.6) is 0 Å². The van der Waals surface area contributed by atoms with Crippen LogP contribution in [0.3, 0.4) is 0 Å². The molecule has 4 bridgehead atoms. The lowest BCUT2D eigenvalue weighted by Gasteiger charge is -2.59. The number of nitrogens with zero attached hydrogens (tertiary/aromatic N) is 4. The Hall–Kier alpha value is -2.22. The van der Waals surface area contributed by atoms with Gasteiger partial charge in [-0.05, 0) is 86.5 Å². The number of carbonyl (C=O) groups is 1. The third-order valence-electron chi connectivity index (χ3n) is 8.97. The first-order chi connectivity index (χ1) is 16.5. The second-order valence-electron chi connectivity index (χ2n) is 11.3. The summed E-state index contributed by atoms with van der Waals surface area (Å²) in [5.41, 5.74) is 1.16. The summed E-state index contributed by atoms with van der Waals surface area (Å²) in [4.78, 5) is 26.0. The number of hydrogen-bond donors (Lipinski definition) is 1. The smallest absolute Gasteiger partial charge is 0.272 e. The Bertz CT molecular complexity index is 1250. The van der Waals surface area contributed by atoms with Crippen LogP contribution < -0.4 is 10.9 Å². The molecule has 34 heavy (non-hydrogen) atoms. The van der Waals surface area contributed by atoms with E-state index in [1.54, 1.807) is 4.57 Å². The standard InChI is InChI=1S/C26H35N5O2S/c1-3-4-8-30-24(33)23-20(7-9-34-23)31-21(28-29-25(30)31)5-6-22(32)27-16(2)26-13-17-10-18(14-26)12-19(11-17)15-26/h7,9,16-19H,3-6,8,10-15H2,1-2H3,(H,27,32)/t16-,17?,18?,19?,26?/m0/s1. The molecule has 1 amide bonds. The average molecular weight is 482 g/mol. The summed E-state index contributed by atoms with van der Waals surface area (Å²) < 4.78 is 4.46. The van der Waals surface area contributed by atoms with E-state index < -0.39 is 0 Å². The Morgan fingerprint density at radius 2 is 1.91 bits per heavy atom. The second kappa shape index (κ2) is 8.47. The summed E-state index contributed by atoms with van der Waals surface area (Å²) in [5.74, 6) is 4.08. The first-order valence-corrected chi connectivity index (χ1v) is 14.0. The summed E-state index contributed by atoms with van der Waals surface area (Å²) in [6, 6.07) is 2.19. The van der Waals surface area contributed by atoms with Gasteiger partial charge in [0.2, 0.25) is 11.7 Å². The fourth-order valence-corrected chi connectivity index (χ4v) is 8.48. The fraction of sp³-hybridized carbons (Fsp3) is 0.692. The molecule has 1 N–H and O–H groups in total. The van der Waals surface area contributed by atoms with Gasteiger partial charge in [0, 0.05) is 25.4 Å². The van der Waals surface area contributed by atoms with E-state index >= 15 is 0 Å².